The van der Waals surface area contributed by atoms with Gasteiger partial charge in [-0.3, -0.25) is 24.1 Å². The fraction of sp³-hybridized carbons (Fsp3) is 0.278. The Kier molecular flexibility index (Phi) is 5.59. The van der Waals surface area contributed by atoms with Crippen LogP contribution in [0.15, 0.2) is 41.7 Å². The lowest BCUT2D eigenvalue weighted by molar-refractivity contribution is -0.152. The monoisotopic (exact) mass is 419 g/mol. The minimum absolute atomic E-state index is 0.0945. The summed E-state index contributed by atoms with van der Waals surface area (Å²) in [5, 5.41) is 23.0. The summed E-state index contributed by atoms with van der Waals surface area (Å²) in [6.07, 6.45) is 0. The van der Waals surface area contributed by atoms with Crippen molar-refractivity contribution < 1.29 is 34.2 Å². The summed E-state index contributed by atoms with van der Waals surface area (Å²) >= 11 is 1.16. The van der Waals surface area contributed by atoms with Gasteiger partial charge in [0.05, 0.1) is 5.70 Å². The lowest BCUT2D eigenvalue weighted by Crippen LogP contribution is -2.71. The number of thioether (sulfide) groups is 1. The van der Waals surface area contributed by atoms with Gasteiger partial charge in [-0.1, -0.05) is 30.3 Å². The summed E-state index contributed by atoms with van der Waals surface area (Å²) in [5.74, 6) is -6.16. The van der Waals surface area contributed by atoms with Crippen LogP contribution in [0, 0.1) is 0 Å². The van der Waals surface area contributed by atoms with E-state index in [1.807, 2.05) is 0 Å². The lowest BCUT2D eigenvalue weighted by atomic mass is 9.96. The Labute approximate surface area is 168 Å². The molecule has 11 heteroatoms. The lowest BCUT2D eigenvalue weighted by Gasteiger charge is -2.49. The highest BCUT2D eigenvalue weighted by atomic mass is 32.2. The Morgan fingerprint density at radius 2 is 1.83 bits per heavy atom. The largest absolute Gasteiger partial charge is 0.480 e. The second kappa shape index (κ2) is 7.95. The van der Waals surface area contributed by atoms with Gasteiger partial charge in [-0.05, 0) is 5.56 Å². The number of amides is 3. The van der Waals surface area contributed by atoms with Gasteiger partial charge in [-0.2, -0.15) is 0 Å². The molecule has 152 valence electrons. The minimum Gasteiger partial charge on any atom is -0.480 e. The van der Waals surface area contributed by atoms with Gasteiger partial charge >= 0.3 is 11.9 Å². The topological polar surface area (TPSA) is 153 Å². The van der Waals surface area contributed by atoms with Crippen LogP contribution in [0.1, 0.15) is 18.4 Å². The summed E-state index contributed by atoms with van der Waals surface area (Å²) in [6, 6.07) is 6.80. The third kappa shape index (κ3) is 3.81. The average Bonchev–Trinajstić information content (AvgIpc) is 2.65. The molecule has 0 aromatic heterocycles. The molecule has 2 heterocycles. The predicted octanol–water partition coefficient (Wildman–Crippen LogP) is -0.313. The number of carboxylic acid groups (broad SMARTS) is 2. The Balaban J connectivity index is 1.80. The first-order chi connectivity index (χ1) is 13.7. The number of nitrogens with zero attached hydrogens (tertiary/aromatic N) is 1. The highest BCUT2D eigenvalue weighted by Crippen LogP contribution is 2.39. The molecule has 10 nitrogen and oxygen atoms in total. The third-order valence-electron chi connectivity index (χ3n) is 4.44. The van der Waals surface area contributed by atoms with Crippen LogP contribution in [0.25, 0.3) is 0 Å². The van der Waals surface area contributed by atoms with Crippen molar-refractivity contribution in [2.45, 2.75) is 24.3 Å². The van der Waals surface area contributed by atoms with E-state index >= 15 is 0 Å². The van der Waals surface area contributed by atoms with Crippen molar-refractivity contribution in [2.24, 2.45) is 0 Å². The van der Waals surface area contributed by atoms with Crippen molar-refractivity contribution in [3.63, 3.8) is 0 Å². The Morgan fingerprint density at radius 3 is 2.38 bits per heavy atom. The second-order valence-corrected chi connectivity index (χ2v) is 7.50. The van der Waals surface area contributed by atoms with Gasteiger partial charge in [0.1, 0.15) is 11.4 Å². The maximum Gasteiger partial charge on any atom is 0.354 e. The van der Waals surface area contributed by atoms with E-state index in [1.165, 1.54) is 19.1 Å². The van der Waals surface area contributed by atoms with Crippen LogP contribution in [0.5, 0.6) is 0 Å². The zero-order valence-electron chi connectivity index (χ0n) is 15.1. The minimum atomic E-state index is -1.50. The first-order valence-corrected chi connectivity index (χ1v) is 9.54. The fourth-order valence-corrected chi connectivity index (χ4v) is 4.50. The van der Waals surface area contributed by atoms with Crippen molar-refractivity contribution in [3.8, 4) is 0 Å². The summed E-state index contributed by atoms with van der Waals surface area (Å²) < 4.78 is 0. The standard InChI is InChI=1S/C18H17N3O7S/c1-8(22)19-10-7-29-16-12(15(24)21(16)13(10)18(27)28)20-14(23)11(17(25)26)9-5-3-2-4-6-9/h2-6,11-12,16H,7H2,1H3,(H,19,22)(H,20,23)(H,25,26)(H,27,28)/t11?,12?,16-/m1/s1. The highest BCUT2D eigenvalue weighted by Gasteiger charge is 2.55. The van der Waals surface area contributed by atoms with E-state index in [0.29, 0.717) is 0 Å². The Hall–Kier alpha value is -3.34. The van der Waals surface area contributed by atoms with Crippen LogP contribution in [0.3, 0.4) is 0 Å². The molecular weight excluding hydrogens is 402 g/mol. The number of fused-ring (bicyclic) bond motifs is 1. The van der Waals surface area contributed by atoms with Crippen molar-refractivity contribution in [1.29, 1.82) is 0 Å². The number of β-lactam (4-membered cyclic amide) rings is 1. The van der Waals surface area contributed by atoms with Crippen LogP contribution in [0.2, 0.25) is 0 Å². The van der Waals surface area contributed by atoms with E-state index in [-0.39, 0.29) is 22.7 Å². The maximum absolute atomic E-state index is 12.6. The smallest absolute Gasteiger partial charge is 0.354 e. The molecule has 0 radical (unpaired) electrons. The van der Waals surface area contributed by atoms with Crippen molar-refractivity contribution >= 4 is 41.4 Å². The van der Waals surface area contributed by atoms with Gasteiger partial charge < -0.3 is 20.8 Å². The Bertz CT molecular complexity index is 931. The van der Waals surface area contributed by atoms with E-state index < -0.39 is 47.0 Å². The number of hydrogen-bond donors (Lipinski definition) is 4. The van der Waals surface area contributed by atoms with E-state index in [4.69, 9.17) is 0 Å². The highest BCUT2D eigenvalue weighted by molar-refractivity contribution is 8.00. The first-order valence-electron chi connectivity index (χ1n) is 8.49. The van der Waals surface area contributed by atoms with E-state index in [0.717, 1.165) is 16.7 Å². The molecule has 29 heavy (non-hydrogen) atoms. The number of nitrogens with one attached hydrogen (secondary N) is 2. The van der Waals surface area contributed by atoms with E-state index in [9.17, 15) is 34.2 Å². The zero-order valence-corrected chi connectivity index (χ0v) is 15.9. The van der Waals surface area contributed by atoms with Crippen LogP contribution in [-0.2, 0) is 24.0 Å². The first kappa shape index (κ1) is 20.4. The molecule has 4 N–H and O–H groups in total. The summed E-state index contributed by atoms with van der Waals surface area (Å²) in [5.41, 5.74) is 0.00542. The third-order valence-corrected chi connectivity index (χ3v) is 5.72. The van der Waals surface area contributed by atoms with Gasteiger partial charge in [0.15, 0.2) is 11.6 Å². The van der Waals surface area contributed by atoms with Gasteiger partial charge in [-0.15, -0.1) is 11.8 Å². The van der Waals surface area contributed by atoms with Crippen LogP contribution < -0.4 is 10.6 Å². The maximum atomic E-state index is 12.6. The normalized spacial score (nSPS) is 21.6. The SMILES string of the molecule is CC(=O)NC1=C(C(=O)O)N2C(=O)C(NC(=O)C(C(=O)O)c3ccccc3)[C@H]2SC1. The molecule has 0 saturated carbocycles. The number of benzene rings is 1. The van der Waals surface area contributed by atoms with Crippen molar-refractivity contribution in [2.75, 3.05) is 5.75 Å². The number of carbonyl (C=O) groups is 5. The Morgan fingerprint density at radius 1 is 1.17 bits per heavy atom. The number of carbonyl (C=O) groups excluding carboxylic acids is 3. The fourth-order valence-electron chi connectivity index (χ4n) is 3.22. The van der Waals surface area contributed by atoms with Gasteiger partial charge in [0.2, 0.25) is 11.8 Å². The van der Waals surface area contributed by atoms with Crippen molar-refractivity contribution in [3.05, 3.63) is 47.3 Å². The van der Waals surface area contributed by atoms with Gasteiger partial charge in [0, 0.05) is 12.7 Å². The van der Waals surface area contributed by atoms with Crippen LogP contribution in [0.4, 0.5) is 0 Å². The molecule has 2 aliphatic rings. The van der Waals surface area contributed by atoms with E-state index in [1.54, 1.807) is 18.2 Å². The molecule has 0 aliphatic carbocycles. The second-order valence-electron chi connectivity index (χ2n) is 6.39. The molecule has 1 fully saturated rings. The van der Waals surface area contributed by atoms with Crippen molar-refractivity contribution in [1.82, 2.24) is 15.5 Å². The zero-order chi connectivity index (χ0) is 21.3. The molecular formula is C18H17N3O7S. The van der Waals surface area contributed by atoms with Crippen LogP contribution in [-0.4, -0.2) is 61.9 Å². The van der Waals surface area contributed by atoms with Gasteiger partial charge in [-0.25, -0.2) is 4.79 Å². The molecule has 1 aromatic carbocycles. The molecule has 3 atom stereocenters. The molecule has 1 saturated heterocycles. The van der Waals surface area contributed by atoms with E-state index in [2.05, 4.69) is 10.6 Å². The molecule has 3 rings (SSSR count). The molecule has 0 bridgehead atoms. The quantitative estimate of drug-likeness (QED) is 0.362. The molecule has 0 spiro atoms. The molecule has 2 unspecified atom stereocenters. The van der Waals surface area contributed by atoms with Crippen LogP contribution >= 0.6 is 11.8 Å². The number of carboxylic acids is 2. The summed E-state index contributed by atoms with van der Waals surface area (Å²) in [7, 11) is 0. The summed E-state index contributed by atoms with van der Waals surface area (Å²) in [4.78, 5) is 60.6. The molecule has 1 aromatic rings. The number of aliphatic carboxylic acids is 2. The average molecular weight is 419 g/mol. The molecule has 2 aliphatic heterocycles. The predicted molar refractivity (Wildman–Crippen MR) is 100 cm³/mol. The number of hydrogen-bond acceptors (Lipinski definition) is 6. The van der Waals surface area contributed by atoms with Gasteiger partial charge in [0.25, 0.3) is 5.91 Å². The molecule has 3 amide bonds. The summed E-state index contributed by atoms with van der Waals surface area (Å²) in [6.45, 7) is 1.22. The number of rotatable bonds is 6.